The van der Waals surface area contributed by atoms with Crippen LogP contribution in [0.15, 0.2) is 0 Å². The average Bonchev–Trinajstić information content (AvgIpc) is 2.19. The molecular weight excluding hydrogens is 118 g/mol. The van der Waals surface area contributed by atoms with Crippen molar-refractivity contribution in [3.05, 3.63) is 6.92 Å². The summed E-state index contributed by atoms with van der Waals surface area (Å²) >= 11 is 1.97. The Hall–Kier alpha value is 0.310. The van der Waals surface area contributed by atoms with Gasteiger partial charge in [0.25, 0.3) is 0 Å². The summed E-state index contributed by atoms with van der Waals surface area (Å²) in [5.41, 5.74) is 0. The van der Waals surface area contributed by atoms with Crippen molar-refractivity contribution < 1.29 is 0 Å². The van der Waals surface area contributed by atoms with Gasteiger partial charge in [-0.05, 0) is 25.6 Å². The Morgan fingerprint density at radius 1 is 1.75 bits per heavy atom. The Labute approximate surface area is 55.2 Å². The van der Waals surface area contributed by atoms with E-state index in [1.54, 1.807) is 0 Å². The number of rotatable bonds is 2. The first-order chi connectivity index (χ1) is 3.93. The van der Waals surface area contributed by atoms with Gasteiger partial charge in [0.05, 0.1) is 0 Å². The molecule has 1 aliphatic rings. The third kappa shape index (κ3) is 1.67. The van der Waals surface area contributed by atoms with Crippen LogP contribution in [-0.4, -0.2) is 24.1 Å². The lowest BCUT2D eigenvalue weighted by molar-refractivity contribution is 0.858. The molecule has 0 aliphatic carbocycles. The van der Waals surface area contributed by atoms with Crippen molar-refractivity contribution >= 4 is 11.8 Å². The molecule has 0 bridgehead atoms. The molecule has 0 amide bonds. The van der Waals surface area contributed by atoms with Crippen LogP contribution in [-0.2, 0) is 0 Å². The van der Waals surface area contributed by atoms with E-state index in [0.717, 1.165) is 11.0 Å². The molecule has 1 saturated heterocycles. The molecule has 47 valence electrons. The molecule has 0 aromatic carbocycles. The van der Waals surface area contributed by atoms with Crippen molar-refractivity contribution in [3.63, 3.8) is 0 Å². The molecule has 1 aliphatic heterocycles. The molecule has 0 aromatic rings. The van der Waals surface area contributed by atoms with Crippen LogP contribution in [0.1, 0.15) is 6.42 Å². The van der Waals surface area contributed by atoms with E-state index < -0.39 is 0 Å². The van der Waals surface area contributed by atoms with E-state index >= 15 is 0 Å². The van der Waals surface area contributed by atoms with Crippen LogP contribution in [0.3, 0.4) is 0 Å². The average molecular weight is 130 g/mol. The van der Waals surface area contributed by atoms with E-state index in [1.165, 1.54) is 19.5 Å². The highest BCUT2D eigenvalue weighted by Gasteiger charge is 2.12. The fourth-order valence-electron chi connectivity index (χ4n) is 0.937. The molecule has 8 heavy (non-hydrogen) atoms. The molecule has 1 radical (unpaired) electrons. The van der Waals surface area contributed by atoms with Crippen molar-refractivity contribution in [3.8, 4) is 0 Å². The quantitative estimate of drug-likeness (QED) is 0.596. The zero-order valence-electron chi connectivity index (χ0n) is 5.02. The zero-order chi connectivity index (χ0) is 5.82. The van der Waals surface area contributed by atoms with Gasteiger partial charge in [0.1, 0.15) is 0 Å². The van der Waals surface area contributed by atoms with Gasteiger partial charge in [-0.15, -0.1) is 0 Å². The normalized spacial score (nSPS) is 28.9. The molecule has 0 unspecified atom stereocenters. The van der Waals surface area contributed by atoms with Crippen LogP contribution < -0.4 is 5.32 Å². The van der Waals surface area contributed by atoms with Crippen LogP contribution in [0.25, 0.3) is 0 Å². The predicted octanol–water partition coefficient (Wildman–Crippen LogP) is 0.916. The number of nitrogens with one attached hydrogen (secondary N) is 1. The summed E-state index contributed by atoms with van der Waals surface area (Å²) in [5, 5.41) is 4.16. The Bertz CT molecular complexity index is 59.5. The van der Waals surface area contributed by atoms with Crippen LogP contribution in [0.2, 0.25) is 0 Å². The van der Waals surface area contributed by atoms with Crippen LogP contribution in [0, 0.1) is 6.92 Å². The third-order valence-electron chi connectivity index (χ3n) is 1.37. The summed E-state index contributed by atoms with van der Waals surface area (Å²) in [6.45, 7) is 6.18. The number of hydrogen-bond donors (Lipinski definition) is 1. The summed E-state index contributed by atoms with van der Waals surface area (Å²) < 4.78 is 0. The minimum atomic E-state index is 0.854. The molecular formula is C6H12NS. The summed E-state index contributed by atoms with van der Waals surface area (Å²) in [6, 6.07) is 0. The second-order valence-electron chi connectivity index (χ2n) is 1.99. The topological polar surface area (TPSA) is 12.0 Å². The third-order valence-corrected chi connectivity index (χ3v) is 2.48. The van der Waals surface area contributed by atoms with Crippen molar-refractivity contribution in [1.82, 2.24) is 5.32 Å². The minimum absolute atomic E-state index is 0.854. The lowest BCUT2D eigenvalue weighted by atomic mass is 10.4. The monoisotopic (exact) mass is 130 g/mol. The van der Waals surface area contributed by atoms with Gasteiger partial charge in [0.15, 0.2) is 0 Å². The highest BCUT2D eigenvalue weighted by molar-refractivity contribution is 8.00. The van der Waals surface area contributed by atoms with E-state index in [-0.39, 0.29) is 0 Å². The highest BCUT2D eigenvalue weighted by atomic mass is 32.2. The van der Waals surface area contributed by atoms with Gasteiger partial charge in [0, 0.05) is 11.8 Å². The number of hydrogen-bond acceptors (Lipinski definition) is 2. The standard InChI is InChI=1S/C6H12NS/c1-2-8-6-3-4-7-5-6/h6-7H,1-5H2/t6-/m0/s1. The smallest absolute Gasteiger partial charge is 0.0184 e. The zero-order valence-corrected chi connectivity index (χ0v) is 5.84. The first kappa shape index (κ1) is 6.43. The van der Waals surface area contributed by atoms with Gasteiger partial charge >= 0.3 is 0 Å². The molecule has 1 fully saturated rings. The number of thioether (sulfide) groups is 1. The van der Waals surface area contributed by atoms with Gasteiger partial charge in [-0.2, -0.15) is 11.8 Å². The van der Waals surface area contributed by atoms with Crippen molar-refractivity contribution in [2.24, 2.45) is 0 Å². The fourth-order valence-corrected chi connectivity index (χ4v) is 1.79. The van der Waals surface area contributed by atoms with Gasteiger partial charge in [0.2, 0.25) is 0 Å². The lowest BCUT2D eigenvalue weighted by Gasteiger charge is -2.02. The predicted molar refractivity (Wildman–Crippen MR) is 39.1 cm³/mol. The molecule has 1 heterocycles. The largest absolute Gasteiger partial charge is 0.316 e. The van der Waals surface area contributed by atoms with Gasteiger partial charge in [-0.3, -0.25) is 0 Å². The lowest BCUT2D eigenvalue weighted by Crippen LogP contribution is -2.10. The van der Waals surface area contributed by atoms with E-state index in [1.807, 2.05) is 11.8 Å². The second-order valence-corrected chi connectivity index (χ2v) is 3.39. The van der Waals surface area contributed by atoms with E-state index in [2.05, 4.69) is 12.2 Å². The summed E-state index contributed by atoms with van der Waals surface area (Å²) in [6.07, 6.45) is 1.33. The fraction of sp³-hybridized carbons (Fsp3) is 0.833. The van der Waals surface area contributed by atoms with Crippen LogP contribution in [0.4, 0.5) is 0 Å². The minimum Gasteiger partial charge on any atom is -0.316 e. The van der Waals surface area contributed by atoms with Gasteiger partial charge in [-0.25, -0.2) is 0 Å². The van der Waals surface area contributed by atoms with E-state index in [9.17, 15) is 0 Å². The van der Waals surface area contributed by atoms with Crippen molar-refractivity contribution in [2.45, 2.75) is 11.7 Å². The Morgan fingerprint density at radius 3 is 3.12 bits per heavy atom. The Morgan fingerprint density at radius 2 is 2.62 bits per heavy atom. The maximum absolute atomic E-state index is 3.78. The SMILES string of the molecule is [CH2]CS[C@H]1CCNC1. The summed E-state index contributed by atoms with van der Waals surface area (Å²) in [4.78, 5) is 0. The maximum Gasteiger partial charge on any atom is 0.0184 e. The van der Waals surface area contributed by atoms with Gasteiger partial charge in [-0.1, -0.05) is 0 Å². The molecule has 1 rings (SSSR count). The van der Waals surface area contributed by atoms with Gasteiger partial charge < -0.3 is 5.32 Å². The van der Waals surface area contributed by atoms with Crippen molar-refractivity contribution in [2.75, 3.05) is 18.8 Å². The Kier molecular flexibility index (Phi) is 2.70. The molecule has 1 nitrogen and oxygen atoms in total. The summed E-state index contributed by atoms with van der Waals surface area (Å²) in [7, 11) is 0. The molecule has 1 N–H and O–H groups in total. The van der Waals surface area contributed by atoms with Crippen LogP contribution in [0.5, 0.6) is 0 Å². The van der Waals surface area contributed by atoms with Crippen molar-refractivity contribution in [1.29, 1.82) is 0 Å². The summed E-state index contributed by atoms with van der Waals surface area (Å²) in [5.74, 6) is 1.02. The van der Waals surface area contributed by atoms with E-state index in [4.69, 9.17) is 0 Å². The molecule has 0 saturated carbocycles. The highest BCUT2D eigenvalue weighted by Crippen LogP contribution is 2.15. The molecule has 0 spiro atoms. The Balaban J connectivity index is 2.06. The van der Waals surface area contributed by atoms with E-state index in [0.29, 0.717) is 0 Å². The first-order valence-corrected chi connectivity index (χ1v) is 4.10. The second kappa shape index (κ2) is 3.36. The maximum atomic E-state index is 3.78. The molecule has 1 atom stereocenters. The molecule has 2 heteroatoms. The van der Waals surface area contributed by atoms with Crippen LogP contribution >= 0.6 is 11.8 Å². The molecule has 0 aromatic heterocycles. The first-order valence-electron chi connectivity index (χ1n) is 3.05.